The van der Waals surface area contributed by atoms with E-state index in [9.17, 15) is 0 Å². The zero-order chi connectivity index (χ0) is 8.81. The molecule has 1 aromatic rings. The van der Waals surface area contributed by atoms with Crippen LogP contribution >= 0.6 is 22.9 Å². The maximum Gasteiger partial charge on any atom is 0.0934 e. The van der Waals surface area contributed by atoms with E-state index in [1.165, 1.54) is 4.88 Å². The second-order valence-corrected chi connectivity index (χ2v) is 4.18. The second-order valence-electron chi connectivity index (χ2n) is 2.44. The third-order valence-corrected chi connectivity index (χ3v) is 2.63. The van der Waals surface area contributed by atoms with Crippen molar-refractivity contribution in [2.75, 3.05) is 13.6 Å². The molecule has 0 fully saturated rings. The average molecular weight is 202 g/mol. The molecular weight excluding hydrogens is 190 g/mol. The Hall–Kier alpha value is -0.310. The molecule has 0 aromatic carbocycles. The van der Waals surface area contributed by atoms with Crippen molar-refractivity contribution in [2.24, 2.45) is 0 Å². The van der Waals surface area contributed by atoms with E-state index in [4.69, 9.17) is 11.6 Å². The van der Waals surface area contributed by atoms with Crippen LogP contribution in [0.25, 0.3) is 6.08 Å². The van der Waals surface area contributed by atoms with E-state index in [1.54, 1.807) is 11.3 Å². The average Bonchev–Trinajstić information content (AvgIpc) is 2.45. The lowest BCUT2D eigenvalue weighted by Crippen LogP contribution is -2.05. The predicted octanol–water partition coefficient (Wildman–Crippen LogP) is 3.02. The van der Waals surface area contributed by atoms with Crippen molar-refractivity contribution < 1.29 is 0 Å². The van der Waals surface area contributed by atoms with Crippen molar-refractivity contribution in [2.45, 2.75) is 6.42 Å². The van der Waals surface area contributed by atoms with Crippen molar-refractivity contribution in [1.29, 1.82) is 0 Å². The SMILES string of the molecule is CNCCC=Cc1ccc(Cl)s1. The van der Waals surface area contributed by atoms with Gasteiger partial charge in [-0.25, -0.2) is 0 Å². The number of rotatable bonds is 4. The van der Waals surface area contributed by atoms with E-state index in [0.29, 0.717) is 0 Å². The van der Waals surface area contributed by atoms with Gasteiger partial charge in [-0.3, -0.25) is 0 Å². The largest absolute Gasteiger partial charge is 0.319 e. The van der Waals surface area contributed by atoms with Crippen molar-refractivity contribution in [1.82, 2.24) is 5.32 Å². The molecule has 0 aliphatic heterocycles. The van der Waals surface area contributed by atoms with Gasteiger partial charge in [0.05, 0.1) is 4.34 Å². The fourth-order valence-corrected chi connectivity index (χ4v) is 1.84. The lowest BCUT2D eigenvalue weighted by atomic mass is 10.3. The maximum atomic E-state index is 5.77. The quantitative estimate of drug-likeness (QED) is 0.739. The summed E-state index contributed by atoms with van der Waals surface area (Å²) in [6, 6.07) is 3.95. The van der Waals surface area contributed by atoms with E-state index in [-0.39, 0.29) is 0 Å². The molecule has 0 unspecified atom stereocenters. The Morgan fingerprint density at radius 1 is 1.58 bits per heavy atom. The summed E-state index contributed by atoms with van der Waals surface area (Å²) in [6.07, 6.45) is 5.32. The van der Waals surface area contributed by atoms with Gasteiger partial charge in [0, 0.05) is 4.88 Å². The zero-order valence-electron chi connectivity index (χ0n) is 7.01. The molecule has 0 aliphatic rings. The van der Waals surface area contributed by atoms with Crippen molar-refractivity contribution in [3.63, 3.8) is 0 Å². The summed E-state index contributed by atoms with van der Waals surface area (Å²) >= 11 is 7.38. The molecule has 12 heavy (non-hydrogen) atoms. The summed E-state index contributed by atoms with van der Waals surface area (Å²) in [5.74, 6) is 0. The molecule has 0 spiro atoms. The molecule has 1 nitrogen and oxygen atoms in total. The van der Waals surface area contributed by atoms with E-state index < -0.39 is 0 Å². The van der Waals surface area contributed by atoms with Gasteiger partial charge < -0.3 is 5.32 Å². The van der Waals surface area contributed by atoms with Gasteiger partial charge in [-0.15, -0.1) is 11.3 Å². The Morgan fingerprint density at radius 3 is 3.00 bits per heavy atom. The Bertz CT molecular complexity index is 255. The Labute approximate surface area is 82.1 Å². The second kappa shape index (κ2) is 5.36. The first-order valence-corrected chi connectivity index (χ1v) is 5.09. The molecule has 0 bridgehead atoms. The molecule has 0 aliphatic carbocycles. The molecule has 1 heterocycles. The van der Waals surface area contributed by atoms with Gasteiger partial charge in [-0.05, 0) is 38.2 Å². The van der Waals surface area contributed by atoms with Crippen molar-refractivity contribution in [3.05, 3.63) is 27.4 Å². The molecule has 1 rings (SSSR count). The molecule has 0 saturated heterocycles. The molecule has 1 N–H and O–H groups in total. The van der Waals surface area contributed by atoms with Crippen molar-refractivity contribution >= 4 is 29.0 Å². The third kappa shape index (κ3) is 3.39. The van der Waals surface area contributed by atoms with Crippen LogP contribution in [-0.2, 0) is 0 Å². The highest BCUT2D eigenvalue weighted by Gasteiger charge is 1.91. The number of hydrogen-bond acceptors (Lipinski definition) is 2. The molecule has 0 amide bonds. The van der Waals surface area contributed by atoms with Crippen LogP contribution in [0.5, 0.6) is 0 Å². The lowest BCUT2D eigenvalue weighted by Gasteiger charge is -1.89. The monoisotopic (exact) mass is 201 g/mol. The minimum atomic E-state index is 0.850. The Kier molecular flexibility index (Phi) is 4.36. The molecule has 0 radical (unpaired) electrons. The van der Waals surface area contributed by atoms with Gasteiger partial charge in [0.15, 0.2) is 0 Å². The number of hydrogen-bond donors (Lipinski definition) is 1. The standard InChI is InChI=1S/C9H12ClNS/c1-11-7-3-2-4-8-5-6-9(10)12-8/h2,4-6,11H,3,7H2,1H3. The smallest absolute Gasteiger partial charge is 0.0934 e. The fraction of sp³-hybridized carbons (Fsp3) is 0.333. The minimum Gasteiger partial charge on any atom is -0.319 e. The number of thiophene rings is 1. The normalized spacial score (nSPS) is 11.2. The molecule has 66 valence electrons. The van der Waals surface area contributed by atoms with E-state index in [0.717, 1.165) is 17.3 Å². The summed E-state index contributed by atoms with van der Waals surface area (Å²) in [5.41, 5.74) is 0. The molecule has 0 saturated carbocycles. The van der Waals surface area contributed by atoms with Crippen LogP contribution < -0.4 is 5.32 Å². The summed E-state index contributed by atoms with van der Waals surface area (Å²) in [5, 5.41) is 3.09. The van der Waals surface area contributed by atoms with Crippen LogP contribution in [-0.4, -0.2) is 13.6 Å². The number of halogens is 1. The van der Waals surface area contributed by atoms with Gasteiger partial charge >= 0.3 is 0 Å². The van der Waals surface area contributed by atoms with Gasteiger partial charge in [-0.1, -0.05) is 17.7 Å². The van der Waals surface area contributed by atoms with E-state index >= 15 is 0 Å². The van der Waals surface area contributed by atoms with Gasteiger partial charge in [0.1, 0.15) is 0 Å². The molecular formula is C9H12ClNS. The lowest BCUT2D eigenvalue weighted by molar-refractivity contribution is 0.809. The molecule has 1 aromatic heterocycles. The van der Waals surface area contributed by atoms with Gasteiger partial charge in [0.25, 0.3) is 0 Å². The van der Waals surface area contributed by atoms with Crippen molar-refractivity contribution in [3.8, 4) is 0 Å². The fourth-order valence-electron chi connectivity index (χ4n) is 0.845. The molecule has 0 atom stereocenters. The minimum absolute atomic E-state index is 0.850. The highest BCUT2D eigenvalue weighted by atomic mass is 35.5. The van der Waals surface area contributed by atoms with E-state index in [1.807, 2.05) is 19.2 Å². The van der Waals surface area contributed by atoms with Crippen LogP contribution in [0.15, 0.2) is 18.2 Å². The highest BCUT2D eigenvalue weighted by molar-refractivity contribution is 7.16. The summed E-state index contributed by atoms with van der Waals surface area (Å²) < 4.78 is 0.850. The summed E-state index contributed by atoms with van der Waals surface area (Å²) in [4.78, 5) is 1.22. The number of nitrogens with one attached hydrogen (secondary N) is 1. The van der Waals surface area contributed by atoms with Gasteiger partial charge in [0.2, 0.25) is 0 Å². The van der Waals surface area contributed by atoms with Gasteiger partial charge in [-0.2, -0.15) is 0 Å². The summed E-state index contributed by atoms with van der Waals surface area (Å²) in [7, 11) is 1.95. The highest BCUT2D eigenvalue weighted by Crippen LogP contribution is 2.22. The first-order chi connectivity index (χ1) is 5.83. The molecule has 3 heteroatoms. The van der Waals surface area contributed by atoms with Crippen LogP contribution in [0.4, 0.5) is 0 Å². The third-order valence-electron chi connectivity index (χ3n) is 1.44. The summed E-state index contributed by atoms with van der Waals surface area (Å²) in [6.45, 7) is 1.02. The maximum absolute atomic E-state index is 5.77. The van der Waals surface area contributed by atoms with Crippen LogP contribution in [0, 0.1) is 0 Å². The first-order valence-electron chi connectivity index (χ1n) is 3.89. The van der Waals surface area contributed by atoms with Crippen LogP contribution in [0.3, 0.4) is 0 Å². The van der Waals surface area contributed by atoms with Crippen LogP contribution in [0.2, 0.25) is 4.34 Å². The topological polar surface area (TPSA) is 12.0 Å². The van der Waals surface area contributed by atoms with Crippen LogP contribution in [0.1, 0.15) is 11.3 Å². The predicted molar refractivity (Wildman–Crippen MR) is 56.9 cm³/mol. The zero-order valence-corrected chi connectivity index (χ0v) is 8.58. The Morgan fingerprint density at radius 2 is 2.42 bits per heavy atom. The Balaban J connectivity index is 2.36. The first kappa shape index (κ1) is 9.78. The van der Waals surface area contributed by atoms with E-state index in [2.05, 4.69) is 17.5 Å².